The van der Waals surface area contributed by atoms with E-state index in [9.17, 15) is 0 Å². The highest BCUT2D eigenvalue weighted by Gasteiger charge is 2.05. The second-order valence-electron chi connectivity index (χ2n) is 3.78. The maximum atomic E-state index is 5.10. The second-order valence-corrected chi connectivity index (χ2v) is 5.20. The summed E-state index contributed by atoms with van der Waals surface area (Å²) in [6.45, 7) is 2.96. The molecule has 1 atom stereocenters. The van der Waals surface area contributed by atoms with Crippen molar-refractivity contribution in [1.82, 2.24) is 9.38 Å². The minimum atomic E-state index is 0.509. The van der Waals surface area contributed by atoms with E-state index in [2.05, 4.69) is 22.5 Å². The van der Waals surface area contributed by atoms with E-state index in [0.29, 0.717) is 5.25 Å². The molecule has 2 aromatic rings. The van der Waals surface area contributed by atoms with Gasteiger partial charge in [-0.15, -0.1) is 11.8 Å². The number of rotatable bonds is 5. The molecule has 0 N–H and O–H groups in total. The Morgan fingerprint density at radius 2 is 2.38 bits per heavy atom. The Bertz CT molecular complexity index is 422. The fourth-order valence-electron chi connectivity index (χ4n) is 1.57. The Kier molecular flexibility index (Phi) is 3.85. The molecule has 0 saturated carbocycles. The predicted octanol–water partition coefficient (Wildman–Crippen LogP) is 2.60. The first-order valence-electron chi connectivity index (χ1n) is 5.33. The third-order valence-corrected chi connectivity index (χ3v) is 3.50. The summed E-state index contributed by atoms with van der Waals surface area (Å²) >= 11 is 1.87. The molecule has 2 rings (SSSR count). The van der Waals surface area contributed by atoms with Crippen LogP contribution in [0.15, 0.2) is 30.6 Å². The number of hydrogen-bond donors (Lipinski definition) is 0. The zero-order chi connectivity index (χ0) is 11.4. The van der Waals surface area contributed by atoms with Crippen molar-refractivity contribution < 1.29 is 4.74 Å². The van der Waals surface area contributed by atoms with Crippen LogP contribution in [0.25, 0.3) is 5.65 Å². The first kappa shape index (κ1) is 11.5. The second kappa shape index (κ2) is 5.37. The van der Waals surface area contributed by atoms with Gasteiger partial charge in [0.25, 0.3) is 0 Å². The SMILES string of the molecule is COC[C@@H](C)SCc1cn2ccccc2n1. The lowest BCUT2D eigenvalue weighted by atomic mass is 10.5. The van der Waals surface area contributed by atoms with Crippen molar-refractivity contribution in [3.05, 3.63) is 36.3 Å². The van der Waals surface area contributed by atoms with Gasteiger partial charge in [-0.3, -0.25) is 0 Å². The first-order chi connectivity index (χ1) is 7.79. The summed E-state index contributed by atoms with van der Waals surface area (Å²) in [5.74, 6) is 0.937. The topological polar surface area (TPSA) is 26.5 Å². The number of fused-ring (bicyclic) bond motifs is 1. The number of pyridine rings is 1. The van der Waals surface area contributed by atoms with Crippen LogP contribution < -0.4 is 0 Å². The van der Waals surface area contributed by atoms with Crippen LogP contribution in [0.3, 0.4) is 0 Å². The van der Waals surface area contributed by atoms with E-state index >= 15 is 0 Å². The van der Waals surface area contributed by atoms with Crippen LogP contribution in [0, 0.1) is 0 Å². The predicted molar refractivity (Wildman–Crippen MR) is 67.8 cm³/mol. The third-order valence-electron chi connectivity index (χ3n) is 2.33. The lowest BCUT2D eigenvalue weighted by Crippen LogP contribution is -2.05. The standard InChI is InChI=1S/C12H16N2OS/c1-10(8-15-2)16-9-11-7-14-6-4-3-5-12(14)13-11/h3-7,10H,8-9H2,1-2H3/t10-/m1/s1. The van der Waals surface area contributed by atoms with Gasteiger partial charge in [0.2, 0.25) is 0 Å². The van der Waals surface area contributed by atoms with E-state index in [0.717, 1.165) is 23.7 Å². The van der Waals surface area contributed by atoms with Crippen molar-refractivity contribution in [2.24, 2.45) is 0 Å². The minimum absolute atomic E-state index is 0.509. The molecule has 0 radical (unpaired) electrons. The first-order valence-corrected chi connectivity index (χ1v) is 6.37. The molecule has 16 heavy (non-hydrogen) atoms. The zero-order valence-electron chi connectivity index (χ0n) is 9.59. The van der Waals surface area contributed by atoms with Crippen molar-refractivity contribution in [2.75, 3.05) is 13.7 Å². The largest absolute Gasteiger partial charge is 0.384 e. The maximum Gasteiger partial charge on any atom is 0.137 e. The summed E-state index contributed by atoms with van der Waals surface area (Å²) in [4.78, 5) is 4.55. The normalized spacial score (nSPS) is 13.1. The number of thioether (sulfide) groups is 1. The van der Waals surface area contributed by atoms with Gasteiger partial charge >= 0.3 is 0 Å². The van der Waals surface area contributed by atoms with Crippen molar-refractivity contribution in [2.45, 2.75) is 17.9 Å². The molecule has 0 aliphatic carbocycles. The van der Waals surface area contributed by atoms with E-state index in [1.54, 1.807) is 7.11 Å². The molecule has 0 unspecified atom stereocenters. The Morgan fingerprint density at radius 3 is 3.12 bits per heavy atom. The fourth-order valence-corrected chi connectivity index (χ4v) is 2.39. The van der Waals surface area contributed by atoms with E-state index in [1.807, 2.05) is 36.2 Å². The summed E-state index contributed by atoms with van der Waals surface area (Å²) in [6.07, 6.45) is 4.11. The van der Waals surface area contributed by atoms with Gasteiger partial charge in [0.1, 0.15) is 5.65 Å². The molecule has 86 valence electrons. The Balaban J connectivity index is 1.99. The number of nitrogens with zero attached hydrogens (tertiary/aromatic N) is 2. The molecular weight excluding hydrogens is 220 g/mol. The molecule has 2 heterocycles. The lowest BCUT2D eigenvalue weighted by Gasteiger charge is -2.07. The van der Waals surface area contributed by atoms with Crippen molar-refractivity contribution in [1.29, 1.82) is 0 Å². The number of methoxy groups -OCH3 is 1. The molecule has 0 fully saturated rings. The number of hydrogen-bond acceptors (Lipinski definition) is 3. The molecule has 0 aliphatic rings. The van der Waals surface area contributed by atoms with Crippen molar-refractivity contribution >= 4 is 17.4 Å². The number of aromatic nitrogens is 2. The van der Waals surface area contributed by atoms with E-state index in [1.165, 1.54) is 0 Å². The molecule has 0 aromatic carbocycles. The molecule has 0 aliphatic heterocycles. The summed E-state index contributed by atoms with van der Waals surface area (Å²) in [5, 5.41) is 0.509. The maximum absolute atomic E-state index is 5.10. The van der Waals surface area contributed by atoms with Gasteiger partial charge in [0, 0.05) is 30.5 Å². The smallest absolute Gasteiger partial charge is 0.137 e. The molecule has 0 saturated heterocycles. The van der Waals surface area contributed by atoms with Gasteiger partial charge in [-0.1, -0.05) is 13.0 Å². The highest BCUT2D eigenvalue weighted by atomic mass is 32.2. The summed E-state index contributed by atoms with van der Waals surface area (Å²) in [5.41, 5.74) is 2.14. The monoisotopic (exact) mass is 236 g/mol. The molecule has 3 nitrogen and oxygen atoms in total. The molecule has 0 spiro atoms. The average Bonchev–Trinajstić information content (AvgIpc) is 2.69. The van der Waals surface area contributed by atoms with Gasteiger partial charge in [-0.2, -0.15) is 0 Å². The van der Waals surface area contributed by atoms with E-state index in [-0.39, 0.29) is 0 Å². The Hall–Kier alpha value is -1.00. The van der Waals surface area contributed by atoms with Crippen LogP contribution in [0.4, 0.5) is 0 Å². The molecule has 0 amide bonds. The molecular formula is C12H16N2OS. The summed E-state index contributed by atoms with van der Waals surface area (Å²) in [6, 6.07) is 6.04. The van der Waals surface area contributed by atoms with Crippen LogP contribution in [-0.4, -0.2) is 28.4 Å². The lowest BCUT2D eigenvalue weighted by molar-refractivity contribution is 0.203. The molecule has 0 bridgehead atoms. The van der Waals surface area contributed by atoms with Gasteiger partial charge in [-0.25, -0.2) is 4.98 Å². The van der Waals surface area contributed by atoms with Crippen LogP contribution in [0.5, 0.6) is 0 Å². The quantitative estimate of drug-likeness (QED) is 0.798. The number of imidazole rings is 1. The van der Waals surface area contributed by atoms with Crippen LogP contribution in [0.1, 0.15) is 12.6 Å². The van der Waals surface area contributed by atoms with Crippen molar-refractivity contribution in [3.63, 3.8) is 0 Å². The minimum Gasteiger partial charge on any atom is -0.384 e. The van der Waals surface area contributed by atoms with Crippen LogP contribution >= 0.6 is 11.8 Å². The third kappa shape index (κ3) is 2.77. The van der Waals surface area contributed by atoms with Crippen LogP contribution in [0.2, 0.25) is 0 Å². The Morgan fingerprint density at radius 1 is 1.50 bits per heavy atom. The summed E-state index contributed by atoms with van der Waals surface area (Å²) in [7, 11) is 1.74. The fraction of sp³-hybridized carbons (Fsp3) is 0.417. The van der Waals surface area contributed by atoms with E-state index < -0.39 is 0 Å². The zero-order valence-corrected chi connectivity index (χ0v) is 10.4. The van der Waals surface area contributed by atoms with Gasteiger partial charge in [-0.05, 0) is 12.1 Å². The van der Waals surface area contributed by atoms with Gasteiger partial charge in [0.15, 0.2) is 0 Å². The summed E-state index contributed by atoms with van der Waals surface area (Å²) < 4.78 is 7.16. The van der Waals surface area contributed by atoms with Crippen LogP contribution in [-0.2, 0) is 10.5 Å². The van der Waals surface area contributed by atoms with Gasteiger partial charge < -0.3 is 9.14 Å². The van der Waals surface area contributed by atoms with Crippen molar-refractivity contribution in [3.8, 4) is 0 Å². The molecule has 2 aromatic heterocycles. The highest BCUT2D eigenvalue weighted by Crippen LogP contribution is 2.17. The van der Waals surface area contributed by atoms with Gasteiger partial charge in [0.05, 0.1) is 12.3 Å². The Labute approximate surface area is 99.8 Å². The number of ether oxygens (including phenoxy) is 1. The average molecular weight is 236 g/mol. The highest BCUT2D eigenvalue weighted by molar-refractivity contribution is 7.99. The van der Waals surface area contributed by atoms with E-state index in [4.69, 9.17) is 4.74 Å². The molecule has 4 heteroatoms.